The van der Waals surface area contributed by atoms with Gasteiger partial charge in [-0.3, -0.25) is 4.79 Å². The van der Waals surface area contributed by atoms with Crippen LogP contribution in [0.25, 0.3) is 0 Å². The van der Waals surface area contributed by atoms with E-state index in [1.807, 2.05) is 31.2 Å². The first kappa shape index (κ1) is 17.2. The van der Waals surface area contributed by atoms with Crippen molar-refractivity contribution in [3.05, 3.63) is 75.8 Å². The van der Waals surface area contributed by atoms with E-state index in [2.05, 4.69) is 47.7 Å². The highest BCUT2D eigenvalue weighted by molar-refractivity contribution is 7.14. The molecule has 128 valence electrons. The molecule has 0 saturated carbocycles. The number of hydrogen-bond acceptors (Lipinski definition) is 4. The summed E-state index contributed by atoms with van der Waals surface area (Å²) in [7, 11) is 0. The van der Waals surface area contributed by atoms with Crippen molar-refractivity contribution in [1.29, 1.82) is 0 Å². The first-order chi connectivity index (χ1) is 12.0. The Bertz CT molecular complexity index is 881. The van der Waals surface area contributed by atoms with Gasteiger partial charge in [0.2, 0.25) is 0 Å². The van der Waals surface area contributed by atoms with Crippen LogP contribution in [0.3, 0.4) is 0 Å². The Morgan fingerprint density at radius 3 is 2.52 bits per heavy atom. The number of hydrogen-bond donors (Lipinski definition) is 2. The molecular formula is C20H21N3OS. The maximum Gasteiger partial charge on any atom is 0.271 e. The van der Waals surface area contributed by atoms with Crippen LogP contribution in [0.1, 0.15) is 32.7 Å². The number of thiazole rings is 1. The second-order valence-electron chi connectivity index (χ2n) is 6.15. The van der Waals surface area contributed by atoms with E-state index in [4.69, 9.17) is 0 Å². The molecule has 0 atom stereocenters. The summed E-state index contributed by atoms with van der Waals surface area (Å²) in [6.45, 7) is 6.66. The Hall–Kier alpha value is -2.66. The summed E-state index contributed by atoms with van der Waals surface area (Å²) >= 11 is 1.43. The Balaban J connectivity index is 1.64. The van der Waals surface area contributed by atoms with Crippen molar-refractivity contribution in [3.63, 3.8) is 0 Å². The molecule has 1 amide bonds. The molecule has 2 aromatic carbocycles. The van der Waals surface area contributed by atoms with Crippen LogP contribution in [0.15, 0.2) is 47.8 Å². The standard InChI is InChI=1S/C20H21N3OS/c1-13-8-14(2)10-17(9-13)22-20-23-18(12-25-20)19(24)21-11-16-7-5-4-6-15(16)3/h4-10,12H,11H2,1-3H3,(H,21,24)(H,22,23). The van der Waals surface area contributed by atoms with Crippen molar-refractivity contribution in [2.75, 3.05) is 5.32 Å². The Morgan fingerprint density at radius 1 is 1.08 bits per heavy atom. The molecule has 0 aliphatic rings. The fourth-order valence-corrected chi connectivity index (χ4v) is 3.39. The predicted octanol–water partition coefficient (Wildman–Crippen LogP) is 4.74. The van der Waals surface area contributed by atoms with Crippen molar-refractivity contribution in [1.82, 2.24) is 10.3 Å². The molecule has 0 unspecified atom stereocenters. The smallest absolute Gasteiger partial charge is 0.271 e. The van der Waals surface area contributed by atoms with E-state index in [1.54, 1.807) is 5.38 Å². The monoisotopic (exact) mass is 351 g/mol. The molecule has 0 spiro atoms. The molecule has 25 heavy (non-hydrogen) atoms. The van der Waals surface area contributed by atoms with Crippen LogP contribution in [0.5, 0.6) is 0 Å². The lowest BCUT2D eigenvalue weighted by atomic mass is 10.1. The number of rotatable bonds is 5. The zero-order valence-electron chi connectivity index (χ0n) is 14.6. The molecule has 0 aliphatic carbocycles. The average molecular weight is 351 g/mol. The van der Waals surface area contributed by atoms with E-state index in [0.717, 1.165) is 11.3 Å². The molecule has 0 fully saturated rings. The molecule has 4 nitrogen and oxygen atoms in total. The van der Waals surface area contributed by atoms with Crippen LogP contribution in [0, 0.1) is 20.8 Å². The summed E-state index contributed by atoms with van der Waals surface area (Å²) in [5.74, 6) is -0.159. The summed E-state index contributed by atoms with van der Waals surface area (Å²) < 4.78 is 0. The van der Waals surface area contributed by atoms with Crippen molar-refractivity contribution in [2.45, 2.75) is 27.3 Å². The van der Waals surface area contributed by atoms with Gasteiger partial charge < -0.3 is 10.6 Å². The summed E-state index contributed by atoms with van der Waals surface area (Å²) in [6.07, 6.45) is 0. The Morgan fingerprint density at radius 2 is 1.80 bits per heavy atom. The molecule has 0 radical (unpaired) electrons. The Labute approximate surface area is 151 Å². The third-order valence-corrected chi connectivity index (χ3v) is 4.67. The molecule has 0 saturated heterocycles. The van der Waals surface area contributed by atoms with E-state index in [-0.39, 0.29) is 5.91 Å². The van der Waals surface area contributed by atoms with Gasteiger partial charge in [-0.15, -0.1) is 11.3 Å². The van der Waals surface area contributed by atoms with E-state index >= 15 is 0 Å². The van der Waals surface area contributed by atoms with Crippen molar-refractivity contribution in [3.8, 4) is 0 Å². The molecule has 2 N–H and O–H groups in total. The minimum atomic E-state index is -0.159. The zero-order chi connectivity index (χ0) is 17.8. The van der Waals surface area contributed by atoms with Crippen LogP contribution in [-0.4, -0.2) is 10.9 Å². The topological polar surface area (TPSA) is 54.0 Å². The molecule has 3 aromatic rings. The summed E-state index contributed by atoms with van der Waals surface area (Å²) in [6, 6.07) is 14.3. The van der Waals surface area contributed by atoms with Gasteiger partial charge in [-0.1, -0.05) is 30.3 Å². The number of anilines is 2. The van der Waals surface area contributed by atoms with Crippen LogP contribution in [0.2, 0.25) is 0 Å². The summed E-state index contributed by atoms with van der Waals surface area (Å²) in [5, 5.41) is 8.69. The minimum absolute atomic E-state index is 0.159. The first-order valence-corrected chi connectivity index (χ1v) is 9.03. The van der Waals surface area contributed by atoms with Gasteiger partial charge in [0.05, 0.1) is 0 Å². The lowest BCUT2D eigenvalue weighted by molar-refractivity contribution is 0.0946. The van der Waals surface area contributed by atoms with Crippen LogP contribution in [0.4, 0.5) is 10.8 Å². The highest BCUT2D eigenvalue weighted by Crippen LogP contribution is 2.23. The van der Waals surface area contributed by atoms with Crippen LogP contribution in [-0.2, 0) is 6.54 Å². The maximum absolute atomic E-state index is 12.3. The van der Waals surface area contributed by atoms with Gasteiger partial charge in [0.1, 0.15) is 5.69 Å². The lowest BCUT2D eigenvalue weighted by Crippen LogP contribution is -2.23. The van der Waals surface area contributed by atoms with Crippen molar-refractivity contribution < 1.29 is 4.79 Å². The van der Waals surface area contributed by atoms with Gasteiger partial charge in [0.15, 0.2) is 5.13 Å². The normalized spacial score (nSPS) is 10.5. The molecule has 3 rings (SSSR count). The minimum Gasteiger partial charge on any atom is -0.347 e. The number of nitrogens with one attached hydrogen (secondary N) is 2. The van der Waals surface area contributed by atoms with Crippen molar-refractivity contribution in [2.24, 2.45) is 0 Å². The van der Waals surface area contributed by atoms with E-state index in [1.165, 1.54) is 28.0 Å². The number of aryl methyl sites for hydroxylation is 3. The summed E-state index contributed by atoms with van der Waals surface area (Å²) in [5.41, 5.74) is 6.08. The number of benzene rings is 2. The molecular weight excluding hydrogens is 330 g/mol. The average Bonchev–Trinajstić information content (AvgIpc) is 3.01. The molecule has 1 heterocycles. The number of aromatic nitrogens is 1. The highest BCUT2D eigenvalue weighted by Gasteiger charge is 2.11. The molecule has 5 heteroatoms. The van der Waals surface area contributed by atoms with E-state index in [0.29, 0.717) is 17.4 Å². The van der Waals surface area contributed by atoms with Gasteiger partial charge in [-0.25, -0.2) is 4.98 Å². The zero-order valence-corrected chi connectivity index (χ0v) is 15.4. The molecule has 0 aliphatic heterocycles. The largest absolute Gasteiger partial charge is 0.347 e. The van der Waals surface area contributed by atoms with E-state index < -0.39 is 0 Å². The maximum atomic E-state index is 12.3. The first-order valence-electron chi connectivity index (χ1n) is 8.15. The van der Waals surface area contributed by atoms with Gasteiger partial charge in [0, 0.05) is 17.6 Å². The molecule has 1 aromatic heterocycles. The number of nitrogens with zero attached hydrogens (tertiary/aromatic N) is 1. The van der Waals surface area contributed by atoms with Crippen molar-refractivity contribution >= 4 is 28.1 Å². The lowest BCUT2D eigenvalue weighted by Gasteiger charge is -2.07. The SMILES string of the molecule is Cc1cc(C)cc(Nc2nc(C(=O)NCc3ccccc3C)cs2)c1. The number of carbonyl (C=O) groups excluding carboxylic acids is 1. The fraction of sp³-hybridized carbons (Fsp3) is 0.200. The Kier molecular flexibility index (Phi) is 5.14. The van der Waals surface area contributed by atoms with Crippen LogP contribution < -0.4 is 10.6 Å². The quantitative estimate of drug-likeness (QED) is 0.698. The van der Waals surface area contributed by atoms with E-state index in [9.17, 15) is 4.79 Å². The third kappa shape index (κ3) is 4.45. The molecule has 0 bridgehead atoms. The highest BCUT2D eigenvalue weighted by atomic mass is 32.1. The number of carbonyl (C=O) groups is 1. The second-order valence-corrected chi connectivity index (χ2v) is 7.01. The predicted molar refractivity (Wildman–Crippen MR) is 104 cm³/mol. The van der Waals surface area contributed by atoms with Gasteiger partial charge in [-0.05, 0) is 55.2 Å². The fourth-order valence-electron chi connectivity index (χ4n) is 2.68. The van der Waals surface area contributed by atoms with Gasteiger partial charge >= 0.3 is 0 Å². The third-order valence-electron chi connectivity index (χ3n) is 3.91. The number of amides is 1. The van der Waals surface area contributed by atoms with Gasteiger partial charge in [-0.2, -0.15) is 0 Å². The van der Waals surface area contributed by atoms with Crippen LogP contribution >= 0.6 is 11.3 Å². The summed E-state index contributed by atoms with van der Waals surface area (Å²) in [4.78, 5) is 16.7. The second kappa shape index (κ2) is 7.49. The van der Waals surface area contributed by atoms with Gasteiger partial charge in [0.25, 0.3) is 5.91 Å².